The molecule has 0 aliphatic carbocycles. The number of urea groups is 1. The molecule has 2 heterocycles. The van der Waals surface area contributed by atoms with Gasteiger partial charge in [-0.1, -0.05) is 30.3 Å². The van der Waals surface area contributed by atoms with Gasteiger partial charge in [0.05, 0.1) is 12.0 Å². The number of aliphatic carboxylic acids is 1. The summed E-state index contributed by atoms with van der Waals surface area (Å²) in [5.74, 6) is -0.819. The van der Waals surface area contributed by atoms with E-state index in [1.807, 2.05) is 18.2 Å². The van der Waals surface area contributed by atoms with Gasteiger partial charge in [0.25, 0.3) is 0 Å². The predicted molar refractivity (Wildman–Crippen MR) is 93.2 cm³/mol. The van der Waals surface area contributed by atoms with Gasteiger partial charge in [-0.05, 0) is 31.2 Å². The number of piperidine rings is 1. The van der Waals surface area contributed by atoms with Crippen molar-refractivity contribution in [3.63, 3.8) is 0 Å². The first kappa shape index (κ1) is 17.7. The molecule has 0 bridgehead atoms. The van der Waals surface area contributed by atoms with E-state index in [4.69, 9.17) is 9.84 Å². The third-order valence-electron chi connectivity index (χ3n) is 5.22. The average Bonchev–Trinajstić information content (AvgIpc) is 2.67. The fraction of sp³-hybridized carbons (Fsp3) is 0.579. The number of carboxylic acid groups (broad SMARTS) is 1. The van der Waals surface area contributed by atoms with Gasteiger partial charge < -0.3 is 20.1 Å². The lowest BCUT2D eigenvalue weighted by Crippen LogP contribution is -2.47. The van der Waals surface area contributed by atoms with Crippen LogP contribution in [0.2, 0.25) is 0 Å². The van der Waals surface area contributed by atoms with E-state index < -0.39 is 5.97 Å². The minimum atomic E-state index is -0.759. The van der Waals surface area contributed by atoms with Crippen molar-refractivity contribution in [2.45, 2.75) is 31.8 Å². The quantitative estimate of drug-likeness (QED) is 0.878. The van der Waals surface area contributed by atoms with Gasteiger partial charge >= 0.3 is 12.0 Å². The molecule has 0 aromatic heterocycles. The third kappa shape index (κ3) is 4.51. The Labute approximate surface area is 148 Å². The molecule has 2 amide bonds. The van der Waals surface area contributed by atoms with Crippen LogP contribution in [0.3, 0.4) is 0 Å². The van der Waals surface area contributed by atoms with Gasteiger partial charge in [-0.2, -0.15) is 0 Å². The Morgan fingerprint density at radius 1 is 1.16 bits per heavy atom. The lowest BCUT2D eigenvalue weighted by atomic mass is 9.89. The monoisotopic (exact) mass is 346 g/mol. The number of amides is 2. The van der Waals surface area contributed by atoms with Crippen molar-refractivity contribution in [1.82, 2.24) is 10.2 Å². The van der Waals surface area contributed by atoms with Gasteiger partial charge in [0, 0.05) is 32.2 Å². The van der Waals surface area contributed by atoms with E-state index in [9.17, 15) is 9.59 Å². The highest BCUT2D eigenvalue weighted by Gasteiger charge is 2.30. The van der Waals surface area contributed by atoms with Crippen LogP contribution < -0.4 is 5.32 Å². The zero-order valence-corrected chi connectivity index (χ0v) is 14.4. The maximum absolute atomic E-state index is 12.4. The molecule has 2 aliphatic rings. The first-order chi connectivity index (χ1) is 12.1. The summed E-state index contributed by atoms with van der Waals surface area (Å²) >= 11 is 0. The van der Waals surface area contributed by atoms with Crippen LogP contribution in [0.4, 0.5) is 4.79 Å². The number of nitrogens with zero attached hydrogens (tertiary/aromatic N) is 1. The van der Waals surface area contributed by atoms with Gasteiger partial charge in [0.2, 0.25) is 0 Å². The molecule has 2 saturated heterocycles. The number of benzene rings is 1. The second-order valence-corrected chi connectivity index (χ2v) is 6.89. The molecule has 6 heteroatoms. The second kappa shape index (κ2) is 8.34. The first-order valence-corrected chi connectivity index (χ1v) is 9.07. The molecule has 1 aromatic rings. The highest BCUT2D eigenvalue weighted by molar-refractivity contribution is 5.75. The Hall–Kier alpha value is -2.08. The van der Waals surface area contributed by atoms with Gasteiger partial charge in [0.15, 0.2) is 0 Å². The summed E-state index contributed by atoms with van der Waals surface area (Å²) in [7, 11) is 0. The maximum Gasteiger partial charge on any atom is 0.317 e. The van der Waals surface area contributed by atoms with Crippen LogP contribution in [0, 0.1) is 11.8 Å². The number of hydrogen-bond acceptors (Lipinski definition) is 3. The fourth-order valence-electron chi connectivity index (χ4n) is 3.72. The number of hydrogen-bond donors (Lipinski definition) is 2. The molecular weight excluding hydrogens is 320 g/mol. The summed E-state index contributed by atoms with van der Waals surface area (Å²) < 4.78 is 5.96. The Balaban J connectivity index is 1.51. The third-order valence-corrected chi connectivity index (χ3v) is 5.22. The molecule has 0 saturated carbocycles. The highest BCUT2D eigenvalue weighted by atomic mass is 16.5. The van der Waals surface area contributed by atoms with Crippen molar-refractivity contribution >= 4 is 12.0 Å². The topological polar surface area (TPSA) is 78.9 Å². The van der Waals surface area contributed by atoms with Crippen LogP contribution in [0.25, 0.3) is 0 Å². The SMILES string of the molecule is O=C(O)C1CCN(C(=O)NCC2CCCOC2c2ccccc2)CC1. The van der Waals surface area contributed by atoms with Crippen molar-refractivity contribution < 1.29 is 19.4 Å². The predicted octanol–water partition coefficient (Wildman–Crippen LogP) is 2.66. The molecule has 2 N–H and O–H groups in total. The van der Waals surface area contributed by atoms with Crippen molar-refractivity contribution in [2.75, 3.05) is 26.2 Å². The summed E-state index contributed by atoms with van der Waals surface area (Å²) in [5, 5.41) is 12.1. The van der Waals surface area contributed by atoms with Crippen molar-refractivity contribution in [3.8, 4) is 0 Å². The highest BCUT2D eigenvalue weighted by Crippen LogP contribution is 2.33. The standard InChI is InChI=1S/C19H26N2O4/c22-18(23)15-8-10-21(11-9-15)19(24)20-13-16-7-4-12-25-17(16)14-5-2-1-3-6-14/h1-3,5-6,15-17H,4,7-13H2,(H,20,24)(H,22,23). The van der Waals surface area contributed by atoms with Gasteiger partial charge in [-0.3, -0.25) is 4.79 Å². The van der Waals surface area contributed by atoms with Crippen molar-refractivity contribution in [1.29, 1.82) is 0 Å². The summed E-state index contributed by atoms with van der Waals surface area (Å²) in [6.45, 7) is 2.35. The van der Waals surface area contributed by atoms with E-state index in [0.29, 0.717) is 32.5 Å². The summed E-state index contributed by atoms with van der Waals surface area (Å²) in [6.07, 6.45) is 3.12. The van der Waals surface area contributed by atoms with Crippen LogP contribution in [0.15, 0.2) is 30.3 Å². The summed E-state index contributed by atoms with van der Waals surface area (Å²) in [6, 6.07) is 10.1. The number of likely N-dealkylation sites (tertiary alicyclic amines) is 1. The number of ether oxygens (including phenoxy) is 1. The molecule has 0 radical (unpaired) electrons. The van der Waals surface area contributed by atoms with Crippen LogP contribution >= 0.6 is 0 Å². The van der Waals surface area contributed by atoms with Crippen LogP contribution in [-0.4, -0.2) is 48.2 Å². The molecule has 1 aromatic carbocycles. The van der Waals surface area contributed by atoms with Gasteiger partial charge in [0.1, 0.15) is 0 Å². The smallest absolute Gasteiger partial charge is 0.317 e. The lowest BCUT2D eigenvalue weighted by Gasteiger charge is -2.34. The van der Waals surface area contributed by atoms with Crippen LogP contribution in [0.1, 0.15) is 37.4 Å². The molecule has 25 heavy (non-hydrogen) atoms. The Morgan fingerprint density at radius 3 is 2.56 bits per heavy atom. The van der Waals surface area contributed by atoms with Gasteiger partial charge in [-0.25, -0.2) is 4.79 Å². The van der Waals surface area contributed by atoms with E-state index >= 15 is 0 Å². The van der Waals surface area contributed by atoms with Crippen molar-refractivity contribution in [3.05, 3.63) is 35.9 Å². The first-order valence-electron chi connectivity index (χ1n) is 9.07. The van der Waals surface area contributed by atoms with E-state index in [0.717, 1.165) is 25.0 Å². The van der Waals surface area contributed by atoms with Gasteiger partial charge in [-0.15, -0.1) is 0 Å². The van der Waals surface area contributed by atoms with Crippen LogP contribution in [-0.2, 0) is 9.53 Å². The van der Waals surface area contributed by atoms with Crippen LogP contribution in [0.5, 0.6) is 0 Å². The number of carboxylic acids is 1. The van der Waals surface area contributed by atoms with E-state index in [2.05, 4.69) is 17.4 Å². The molecular formula is C19H26N2O4. The average molecular weight is 346 g/mol. The molecule has 136 valence electrons. The fourth-order valence-corrected chi connectivity index (χ4v) is 3.72. The minimum absolute atomic E-state index is 0.0213. The maximum atomic E-state index is 12.4. The molecule has 2 atom stereocenters. The summed E-state index contributed by atoms with van der Waals surface area (Å²) in [4.78, 5) is 25.1. The molecule has 2 fully saturated rings. The lowest BCUT2D eigenvalue weighted by molar-refractivity contribution is -0.143. The number of carbonyl (C=O) groups is 2. The normalized spacial score (nSPS) is 24.7. The number of rotatable bonds is 4. The zero-order chi connectivity index (χ0) is 17.6. The molecule has 6 nitrogen and oxygen atoms in total. The van der Waals surface area contributed by atoms with E-state index in [-0.39, 0.29) is 24.0 Å². The van der Waals surface area contributed by atoms with Crippen molar-refractivity contribution in [2.24, 2.45) is 11.8 Å². The zero-order valence-electron chi connectivity index (χ0n) is 14.4. The molecule has 0 spiro atoms. The Morgan fingerprint density at radius 2 is 1.88 bits per heavy atom. The summed E-state index contributed by atoms with van der Waals surface area (Å²) in [5.41, 5.74) is 1.16. The molecule has 2 unspecified atom stereocenters. The number of carbonyl (C=O) groups excluding carboxylic acids is 1. The molecule has 2 aliphatic heterocycles. The Bertz CT molecular complexity index is 584. The van der Waals surface area contributed by atoms with E-state index in [1.165, 1.54) is 0 Å². The Kier molecular flexibility index (Phi) is 5.91. The molecule has 3 rings (SSSR count). The minimum Gasteiger partial charge on any atom is -0.481 e. The van der Waals surface area contributed by atoms with E-state index in [1.54, 1.807) is 4.90 Å². The second-order valence-electron chi connectivity index (χ2n) is 6.89. The largest absolute Gasteiger partial charge is 0.481 e. The number of nitrogens with one attached hydrogen (secondary N) is 1.